The highest BCUT2D eigenvalue weighted by Gasteiger charge is 2.11. The second-order valence-electron chi connectivity index (χ2n) is 11.0. The summed E-state index contributed by atoms with van der Waals surface area (Å²) in [5, 5.41) is 0. The summed E-state index contributed by atoms with van der Waals surface area (Å²) in [6, 6.07) is 32.0. The van der Waals surface area contributed by atoms with Crippen molar-refractivity contribution in [2.75, 3.05) is 0 Å². The van der Waals surface area contributed by atoms with Gasteiger partial charge in [0.15, 0.2) is 0 Å². The predicted octanol–water partition coefficient (Wildman–Crippen LogP) is 12.7. The van der Waals surface area contributed by atoms with Crippen molar-refractivity contribution in [3.05, 3.63) is 107 Å². The zero-order valence-corrected chi connectivity index (χ0v) is 26.6. The molecule has 0 nitrogen and oxygen atoms in total. The lowest BCUT2D eigenvalue weighted by Crippen LogP contribution is -1.90. The molecule has 0 unspecified atom stereocenters. The highest BCUT2D eigenvalue weighted by Crippen LogP contribution is 2.44. The van der Waals surface area contributed by atoms with Gasteiger partial charge in [-0.3, -0.25) is 0 Å². The van der Waals surface area contributed by atoms with Crippen molar-refractivity contribution in [3.63, 3.8) is 0 Å². The highest BCUT2D eigenvalue weighted by atomic mass is 33.1. The molecule has 0 atom stereocenters. The normalized spacial score (nSPS) is 11.2. The van der Waals surface area contributed by atoms with Gasteiger partial charge in [-0.1, -0.05) is 147 Å². The summed E-state index contributed by atoms with van der Waals surface area (Å²) in [6.45, 7) is 9.08. The summed E-state index contributed by atoms with van der Waals surface area (Å²) in [6.07, 6.45) is 12.9. The molecule has 0 heterocycles. The number of hydrogen-bond donors (Lipinski definition) is 0. The Morgan fingerprint density at radius 1 is 0.450 bits per heavy atom. The van der Waals surface area contributed by atoms with Crippen LogP contribution in [-0.2, 0) is 12.8 Å². The Morgan fingerprint density at radius 3 is 1.23 bits per heavy atom. The lowest BCUT2D eigenvalue weighted by molar-refractivity contribution is 0.667. The molecule has 4 rings (SSSR count). The van der Waals surface area contributed by atoms with Gasteiger partial charge in [-0.25, -0.2) is 0 Å². The second-order valence-corrected chi connectivity index (χ2v) is 13.3. The third kappa shape index (κ3) is 8.54. The molecule has 2 heteroatoms. The van der Waals surface area contributed by atoms with E-state index in [4.69, 9.17) is 0 Å². The zero-order chi connectivity index (χ0) is 28.2. The molecular formula is C38H46S2. The Morgan fingerprint density at radius 2 is 0.850 bits per heavy atom. The fourth-order valence-corrected chi connectivity index (χ4v) is 7.88. The number of aryl methyl sites for hydroxylation is 2. The average molecular weight is 567 g/mol. The van der Waals surface area contributed by atoms with Gasteiger partial charge in [0.1, 0.15) is 0 Å². The van der Waals surface area contributed by atoms with E-state index < -0.39 is 0 Å². The average Bonchev–Trinajstić information content (AvgIpc) is 2.98. The van der Waals surface area contributed by atoms with Crippen molar-refractivity contribution < 1.29 is 0 Å². The minimum Gasteiger partial charge on any atom is -0.0654 e. The van der Waals surface area contributed by atoms with Crippen molar-refractivity contribution in [2.45, 2.75) is 102 Å². The van der Waals surface area contributed by atoms with Crippen molar-refractivity contribution >= 4 is 21.6 Å². The minimum atomic E-state index is 1.19. The third-order valence-electron chi connectivity index (χ3n) is 7.96. The molecule has 0 amide bonds. The van der Waals surface area contributed by atoms with Crippen LogP contribution in [-0.4, -0.2) is 0 Å². The molecule has 40 heavy (non-hydrogen) atoms. The SMILES string of the molecule is CCCCCCc1ccc(-c2cccc(SSc3cccc(-c4ccc(CCCCCC)cc4)c3C)c2C)cc1. The van der Waals surface area contributed by atoms with Gasteiger partial charge in [0.25, 0.3) is 0 Å². The quantitative estimate of drug-likeness (QED) is 0.104. The maximum atomic E-state index is 2.32. The Balaban J connectivity index is 1.41. The minimum absolute atomic E-state index is 1.19. The van der Waals surface area contributed by atoms with Gasteiger partial charge in [0.2, 0.25) is 0 Å². The van der Waals surface area contributed by atoms with E-state index in [1.165, 1.54) is 119 Å². The lowest BCUT2D eigenvalue weighted by Gasteiger charge is -2.14. The molecule has 4 aromatic rings. The predicted molar refractivity (Wildman–Crippen MR) is 181 cm³/mol. The van der Waals surface area contributed by atoms with Gasteiger partial charge in [-0.2, -0.15) is 0 Å². The summed E-state index contributed by atoms with van der Waals surface area (Å²) in [5.74, 6) is 0. The fraction of sp³-hybridized carbons (Fsp3) is 0.368. The van der Waals surface area contributed by atoms with E-state index in [-0.39, 0.29) is 0 Å². The van der Waals surface area contributed by atoms with Crippen molar-refractivity contribution in [1.29, 1.82) is 0 Å². The topological polar surface area (TPSA) is 0 Å². The number of benzene rings is 4. The van der Waals surface area contributed by atoms with E-state index in [1.807, 2.05) is 21.6 Å². The van der Waals surface area contributed by atoms with E-state index in [9.17, 15) is 0 Å². The first-order valence-electron chi connectivity index (χ1n) is 15.3. The van der Waals surface area contributed by atoms with Crippen molar-refractivity contribution in [2.24, 2.45) is 0 Å². The van der Waals surface area contributed by atoms with E-state index in [1.54, 1.807) is 0 Å². The fourth-order valence-electron chi connectivity index (χ4n) is 5.34. The van der Waals surface area contributed by atoms with Gasteiger partial charge >= 0.3 is 0 Å². The summed E-state index contributed by atoms with van der Waals surface area (Å²) < 4.78 is 0. The maximum Gasteiger partial charge on any atom is 0.0221 e. The van der Waals surface area contributed by atoms with Crippen LogP contribution < -0.4 is 0 Å². The first-order valence-corrected chi connectivity index (χ1v) is 17.5. The summed E-state index contributed by atoms with van der Waals surface area (Å²) in [5.41, 5.74) is 10.9. The molecule has 0 aliphatic carbocycles. The van der Waals surface area contributed by atoms with Crippen LogP contribution in [0.15, 0.2) is 94.7 Å². The molecule has 0 aromatic heterocycles. The van der Waals surface area contributed by atoms with E-state index in [0.717, 1.165) is 0 Å². The van der Waals surface area contributed by atoms with Gasteiger partial charge in [0.05, 0.1) is 0 Å². The molecule has 210 valence electrons. The first kappa shape index (κ1) is 30.5. The third-order valence-corrected chi connectivity index (χ3v) is 10.6. The molecule has 0 saturated heterocycles. The van der Waals surface area contributed by atoms with Crippen molar-refractivity contribution in [1.82, 2.24) is 0 Å². The summed E-state index contributed by atoms with van der Waals surface area (Å²) in [4.78, 5) is 2.67. The monoisotopic (exact) mass is 566 g/mol. The lowest BCUT2D eigenvalue weighted by atomic mass is 9.98. The number of rotatable bonds is 15. The molecule has 0 fully saturated rings. The van der Waals surface area contributed by atoms with Crippen LogP contribution in [0.3, 0.4) is 0 Å². The Bertz CT molecular complexity index is 1210. The van der Waals surface area contributed by atoms with Gasteiger partial charge < -0.3 is 0 Å². The van der Waals surface area contributed by atoms with Gasteiger partial charge in [0, 0.05) is 9.79 Å². The van der Waals surface area contributed by atoms with Crippen LogP contribution >= 0.6 is 21.6 Å². The molecule has 0 N–H and O–H groups in total. The van der Waals surface area contributed by atoms with Gasteiger partial charge in [-0.15, -0.1) is 0 Å². The van der Waals surface area contributed by atoms with Crippen molar-refractivity contribution in [3.8, 4) is 22.3 Å². The van der Waals surface area contributed by atoms with Crippen LogP contribution in [0.2, 0.25) is 0 Å². The molecule has 0 bridgehead atoms. The van der Waals surface area contributed by atoms with Crippen LogP contribution in [0.1, 0.15) is 87.5 Å². The van der Waals surface area contributed by atoms with Crippen LogP contribution in [0.4, 0.5) is 0 Å². The Kier molecular flexibility index (Phi) is 12.3. The van der Waals surface area contributed by atoms with E-state index in [2.05, 4.69) is 113 Å². The second kappa shape index (κ2) is 16.1. The van der Waals surface area contributed by atoms with Gasteiger partial charge in [-0.05, 0) is 96.2 Å². The summed E-state index contributed by atoms with van der Waals surface area (Å²) >= 11 is 0. The molecule has 0 aliphatic heterocycles. The molecule has 0 aliphatic rings. The molecule has 0 spiro atoms. The molecule has 4 aromatic carbocycles. The van der Waals surface area contributed by atoms with Crippen LogP contribution in [0, 0.1) is 13.8 Å². The molecular weight excluding hydrogens is 521 g/mol. The smallest absolute Gasteiger partial charge is 0.0221 e. The van der Waals surface area contributed by atoms with E-state index >= 15 is 0 Å². The molecule has 0 saturated carbocycles. The first-order chi connectivity index (χ1) is 19.6. The van der Waals surface area contributed by atoms with E-state index in [0.29, 0.717) is 0 Å². The summed E-state index contributed by atoms with van der Waals surface area (Å²) in [7, 11) is 3.76. The standard InChI is InChI=1S/C38H46S2/c1-5-7-9-11-15-31-21-25-33(26-22-31)35-17-13-19-37(29(35)3)39-40-38-20-14-18-36(30(38)4)34-27-23-32(24-28-34)16-12-10-8-6-2/h13-14,17-28H,5-12,15-16H2,1-4H3. The van der Waals surface area contributed by atoms with Crippen LogP contribution in [0.5, 0.6) is 0 Å². The highest BCUT2D eigenvalue weighted by molar-refractivity contribution is 8.76. The van der Waals surface area contributed by atoms with Crippen LogP contribution in [0.25, 0.3) is 22.3 Å². The Hall–Kier alpha value is -2.42. The molecule has 0 radical (unpaired) electrons. The largest absolute Gasteiger partial charge is 0.0654 e. The maximum absolute atomic E-state index is 2.32. The number of hydrogen-bond acceptors (Lipinski definition) is 2. The number of unbranched alkanes of at least 4 members (excludes halogenated alkanes) is 6. The zero-order valence-electron chi connectivity index (χ0n) is 25.0. The Labute approximate surface area is 251 Å².